The van der Waals surface area contributed by atoms with Crippen LogP contribution in [0.1, 0.15) is 12.1 Å². The van der Waals surface area contributed by atoms with E-state index in [0.29, 0.717) is 11.8 Å². The summed E-state index contributed by atoms with van der Waals surface area (Å²) < 4.78 is 43.5. The van der Waals surface area contributed by atoms with Gasteiger partial charge in [0.1, 0.15) is 12.7 Å². The van der Waals surface area contributed by atoms with Gasteiger partial charge in [-0.2, -0.15) is 13.2 Å². The van der Waals surface area contributed by atoms with Gasteiger partial charge >= 0.3 is 12.1 Å². The molecule has 1 N–H and O–H groups in total. The van der Waals surface area contributed by atoms with Gasteiger partial charge in [-0.15, -0.1) is 0 Å². The summed E-state index contributed by atoms with van der Waals surface area (Å²) in [4.78, 5) is 13.8. The van der Waals surface area contributed by atoms with Crippen LogP contribution in [0.5, 0.6) is 0 Å². The maximum absolute atomic E-state index is 12.4. The topological polar surface area (TPSA) is 67.2 Å². The predicted molar refractivity (Wildman–Crippen MR) is 59.4 cm³/mol. The number of carbonyl (C=O) groups is 1. The van der Waals surface area contributed by atoms with Crippen LogP contribution in [0, 0.1) is 0 Å². The molecule has 8 heteroatoms. The van der Waals surface area contributed by atoms with Crippen molar-refractivity contribution in [3.05, 3.63) is 36.5 Å². The van der Waals surface area contributed by atoms with Gasteiger partial charge in [0.05, 0.1) is 0 Å². The molecule has 0 amide bonds. The van der Waals surface area contributed by atoms with Crippen molar-refractivity contribution < 1.29 is 32.1 Å². The number of pyridine rings is 1. The second-order valence-electron chi connectivity index (χ2n) is 4.00. The third-order valence-electron chi connectivity index (χ3n) is 2.52. The lowest BCUT2D eigenvalue weighted by Crippen LogP contribution is -2.33. The third kappa shape index (κ3) is 3.34. The highest BCUT2D eigenvalue weighted by Crippen LogP contribution is 2.30. The minimum absolute atomic E-state index is 0.0404. The Kier molecular flexibility index (Phi) is 3.73. The van der Waals surface area contributed by atoms with Crippen molar-refractivity contribution in [2.24, 2.45) is 0 Å². The van der Waals surface area contributed by atoms with Crippen LogP contribution in [0.25, 0.3) is 11.5 Å². The number of carboxylic acids is 1. The Morgan fingerprint density at radius 2 is 2.00 bits per heavy atom. The molecule has 0 aliphatic rings. The fraction of sp³-hybridized carbons (Fsp3) is 0.250. The quantitative estimate of drug-likeness (QED) is 0.875. The van der Waals surface area contributed by atoms with Gasteiger partial charge in [-0.25, -0.2) is 9.55 Å². The Balaban J connectivity index is 2.14. The summed E-state index contributed by atoms with van der Waals surface area (Å²) >= 11 is 0. The van der Waals surface area contributed by atoms with E-state index in [1.54, 1.807) is 17.0 Å². The Morgan fingerprint density at radius 3 is 2.50 bits per heavy atom. The zero-order chi connectivity index (χ0) is 14.8. The van der Waals surface area contributed by atoms with Crippen molar-refractivity contribution >= 4 is 5.97 Å². The number of alkyl halides is 3. The molecule has 0 aliphatic heterocycles. The number of hydrogen-bond acceptors (Lipinski definition) is 3. The molecule has 0 spiro atoms. The molecule has 5 nitrogen and oxygen atoms in total. The molecule has 0 fully saturated rings. The van der Waals surface area contributed by atoms with Crippen LogP contribution >= 0.6 is 0 Å². The molecule has 2 heterocycles. The lowest BCUT2D eigenvalue weighted by Gasteiger charge is -1.98. The molecule has 2 aromatic heterocycles. The Hall–Kier alpha value is -2.38. The van der Waals surface area contributed by atoms with Gasteiger partial charge in [-0.1, -0.05) is 0 Å². The molecule has 0 bridgehead atoms. The number of aryl methyl sites for hydroxylation is 1. The van der Waals surface area contributed by atoms with Crippen LogP contribution in [-0.2, 0) is 17.5 Å². The normalized spacial score (nSPS) is 11.6. The number of halogens is 3. The summed E-state index contributed by atoms with van der Waals surface area (Å²) in [5, 5.41) is 8.54. The second-order valence-corrected chi connectivity index (χ2v) is 4.00. The smallest absolute Gasteiger partial charge is 0.436 e. The Morgan fingerprint density at radius 1 is 1.35 bits per heavy atom. The molecular formula is C12H10F3N2O3+. The van der Waals surface area contributed by atoms with Crippen molar-refractivity contribution in [3.8, 4) is 11.5 Å². The van der Waals surface area contributed by atoms with E-state index >= 15 is 0 Å². The van der Waals surface area contributed by atoms with Crippen molar-refractivity contribution in [2.45, 2.75) is 19.1 Å². The molecule has 2 rings (SSSR count). The van der Waals surface area contributed by atoms with Gasteiger partial charge < -0.3 is 9.52 Å². The SMILES string of the molecule is O=C(O)CC[n+]1ccc(-c2nc(C(F)(F)F)co2)cc1. The molecule has 0 unspecified atom stereocenters. The maximum atomic E-state index is 12.4. The fourth-order valence-corrected chi connectivity index (χ4v) is 1.51. The second kappa shape index (κ2) is 5.32. The average Bonchev–Trinajstić information content (AvgIpc) is 2.86. The molecule has 0 saturated heterocycles. The van der Waals surface area contributed by atoms with Gasteiger partial charge in [-0.3, -0.25) is 4.79 Å². The van der Waals surface area contributed by atoms with Gasteiger partial charge in [0.25, 0.3) is 0 Å². The third-order valence-corrected chi connectivity index (χ3v) is 2.52. The zero-order valence-corrected chi connectivity index (χ0v) is 10.1. The van der Waals surface area contributed by atoms with Crippen LogP contribution in [-0.4, -0.2) is 16.1 Å². The largest absolute Gasteiger partial charge is 0.481 e. The number of hydrogen-bond donors (Lipinski definition) is 1. The lowest BCUT2D eigenvalue weighted by atomic mass is 10.2. The van der Waals surface area contributed by atoms with Crippen molar-refractivity contribution in [1.29, 1.82) is 0 Å². The summed E-state index contributed by atoms with van der Waals surface area (Å²) in [6, 6.07) is 3.02. The maximum Gasteiger partial charge on any atom is 0.436 e. The van der Waals surface area contributed by atoms with Crippen LogP contribution in [0.15, 0.2) is 35.2 Å². The molecule has 0 aliphatic carbocycles. The van der Waals surface area contributed by atoms with Crippen LogP contribution in [0.4, 0.5) is 13.2 Å². The highest BCUT2D eigenvalue weighted by atomic mass is 19.4. The van der Waals surface area contributed by atoms with E-state index in [2.05, 4.69) is 4.98 Å². The van der Waals surface area contributed by atoms with Gasteiger partial charge in [-0.05, 0) is 0 Å². The van der Waals surface area contributed by atoms with Crippen molar-refractivity contribution in [1.82, 2.24) is 4.98 Å². The van der Waals surface area contributed by atoms with Crippen molar-refractivity contribution in [3.63, 3.8) is 0 Å². The number of aliphatic carboxylic acids is 1. The molecule has 0 radical (unpaired) electrons. The van der Waals surface area contributed by atoms with Gasteiger partial charge in [0.15, 0.2) is 24.6 Å². The predicted octanol–water partition coefficient (Wildman–Crippen LogP) is 2.12. The van der Waals surface area contributed by atoms with Crippen LogP contribution in [0.3, 0.4) is 0 Å². The van der Waals surface area contributed by atoms with Gasteiger partial charge in [0.2, 0.25) is 5.89 Å². The highest BCUT2D eigenvalue weighted by Gasteiger charge is 2.34. The molecule has 2 aromatic rings. The standard InChI is InChI=1S/C12H9F3N2O3/c13-12(14,15)9-7-20-11(16-9)8-1-4-17(5-2-8)6-3-10(18)19/h1-2,4-5,7H,3,6H2/p+1. The Labute approximate surface area is 111 Å². The van der Waals surface area contributed by atoms with Crippen molar-refractivity contribution in [2.75, 3.05) is 0 Å². The van der Waals surface area contributed by atoms with Crippen LogP contribution in [0.2, 0.25) is 0 Å². The molecule has 0 saturated carbocycles. The van der Waals surface area contributed by atoms with E-state index in [0.717, 1.165) is 0 Å². The first-order valence-corrected chi connectivity index (χ1v) is 5.60. The minimum Gasteiger partial charge on any atom is -0.481 e. The average molecular weight is 287 g/mol. The number of rotatable bonds is 4. The molecule has 0 aromatic carbocycles. The van der Waals surface area contributed by atoms with E-state index in [-0.39, 0.29) is 18.9 Å². The molecular weight excluding hydrogens is 277 g/mol. The summed E-state index contributed by atoms with van der Waals surface area (Å²) in [6.07, 6.45) is -0.925. The summed E-state index contributed by atoms with van der Waals surface area (Å²) in [5.41, 5.74) is -0.706. The number of nitrogens with zero attached hydrogens (tertiary/aromatic N) is 2. The first kappa shape index (κ1) is 14.0. The van der Waals surface area contributed by atoms with E-state index in [4.69, 9.17) is 9.52 Å². The minimum atomic E-state index is -4.54. The van der Waals surface area contributed by atoms with Crippen LogP contribution < -0.4 is 4.57 Å². The summed E-state index contributed by atoms with van der Waals surface area (Å²) in [7, 11) is 0. The van der Waals surface area contributed by atoms with E-state index in [9.17, 15) is 18.0 Å². The van der Waals surface area contributed by atoms with E-state index in [1.165, 1.54) is 12.1 Å². The summed E-state index contributed by atoms with van der Waals surface area (Å²) in [5.74, 6) is -1.06. The number of carboxylic acid groups (broad SMARTS) is 1. The molecule has 20 heavy (non-hydrogen) atoms. The van der Waals surface area contributed by atoms with Gasteiger partial charge in [0, 0.05) is 17.7 Å². The lowest BCUT2D eigenvalue weighted by molar-refractivity contribution is -0.695. The first-order valence-electron chi connectivity index (χ1n) is 5.60. The van der Waals surface area contributed by atoms with E-state index < -0.39 is 17.8 Å². The monoisotopic (exact) mass is 287 g/mol. The zero-order valence-electron chi connectivity index (χ0n) is 10.1. The fourth-order valence-electron chi connectivity index (χ4n) is 1.51. The first-order chi connectivity index (χ1) is 9.36. The van der Waals surface area contributed by atoms with E-state index in [1.807, 2.05) is 0 Å². The molecule has 106 valence electrons. The summed E-state index contributed by atoms with van der Waals surface area (Å²) in [6.45, 7) is 0.273. The highest BCUT2D eigenvalue weighted by molar-refractivity contribution is 5.66. The number of oxazole rings is 1. The Bertz CT molecular complexity index is 605. The molecule has 0 atom stereocenters. The number of aromatic nitrogens is 2.